The Labute approximate surface area is 127 Å². The monoisotopic (exact) mass is 306 g/mol. The summed E-state index contributed by atoms with van der Waals surface area (Å²) in [6.45, 7) is 0.895. The van der Waals surface area contributed by atoms with E-state index in [0.29, 0.717) is 18.7 Å². The highest BCUT2D eigenvalue weighted by Crippen LogP contribution is 2.19. The number of carbonyl (C=O) groups excluding carboxylic acids is 2. The first kappa shape index (κ1) is 15.7. The maximum absolute atomic E-state index is 12.5. The van der Waals surface area contributed by atoms with Crippen LogP contribution in [0.3, 0.4) is 0 Å². The van der Waals surface area contributed by atoms with Crippen molar-refractivity contribution in [3.05, 3.63) is 29.6 Å². The summed E-state index contributed by atoms with van der Waals surface area (Å²) in [7, 11) is 0. The van der Waals surface area contributed by atoms with Gasteiger partial charge >= 0.3 is 12.0 Å². The topological polar surface area (TPSA) is 126 Å². The van der Waals surface area contributed by atoms with Gasteiger partial charge in [0, 0.05) is 25.3 Å². The number of carboxylic acid groups (broad SMARTS) is 1. The number of piperidine rings is 1. The van der Waals surface area contributed by atoms with Crippen LogP contribution < -0.4 is 11.1 Å². The fourth-order valence-electron chi connectivity index (χ4n) is 2.51. The minimum absolute atomic E-state index is 0.109. The molecule has 2 rings (SSSR count). The predicted molar refractivity (Wildman–Crippen MR) is 77.5 cm³/mol. The Morgan fingerprint density at radius 2 is 2.14 bits per heavy atom. The summed E-state index contributed by atoms with van der Waals surface area (Å²) in [5, 5.41) is 11.3. The largest absolute Gasteiger partial charge is 0.477 e. The average Bonchev–Trinajstić information content (AvgIpc) is 2.52. The molecule has 1 aromatic heterocycles. The smallest absolute Gasteiger partial charge is 0.354 e. The molecule has 1 aromatic rings. The summed E-state index contributed by atoms with van der Waals surface area (Å²) in [4.78, 5) is 39.6. The number of nitrogens with one attached hydrogen (secondary N) is 1. The van der Waals surface area contributed by atoms with Gasteiger partial charge in [-0.3, -0.25) is 4.79 Å². The Bertz CT molecular complexity index is 573. The van der Waals surface area contributed by atoms with Gasteiger partial charge < -0.3 is 21.1 Å². The third-order valence-electron chi connectivity index (χ3n) is 3.63. The van der Waals surface area contributed by atoms with Crippen LogP contribution in [0.5, 0.6) is 0 Å². The van der Waals surface area contributed by atoms with Crippen molar-refractivity contribution in [3.63, 3.8) is 0 Å². The second-order valence-electron chi connectivity index (χ2n) is 5.13. The number of hydrogen-bond donors (Lipinski definition) is 3. The van der Waals surface area contributed by atoms with Crippen LogP contribution in [0.15, 0.2) is 18.3 Å². The molecule has 8 nitrogen and oxygen atoms in total. The molecule has 0 spiro atoms. The number of carbonyl (C=O) groups is 3. The van der Waals surface area contributed by atoms with Crippen molar-refractivity contribution in [2.24, 2.45) is 5.73 Å². The van der Waals surface area contributed by atoms with Gasteiger partial charge in [0.05, 0.1) is 5.56 Å². The van der Waals surface area contributed by atoms with E-state index < -0.39 is 12.0 Å². The predicted octanol–water partition coefficient (Wildman–Crippen LogP) is 0.443. The summed E-state index contributed by atoms with van der Waals surface area (Å²) in [5.74, 6) is -1.36. The molecule has 1 aliphatic rings. The summed E-state index contributed by atoms with van der Waals surface area (Å²) < 4.78 is 0. The Morgan fingerprint density at radius 1 is 1.36 bits per heavy atom. The van der Waals surface area contributed by atoms with E-state index >= 15 is 0 Å². The lowest BCUT2D eigenvalue weighted by molar-refractivity contribution is 0.0612. The molecule has 2 heterocycles. The molecule has 0 bridgehead atoms. The quantitative estimate of drug-likeness (QED) is 0.744. The third kappa shape index (κ3) is 3.72. The number of nitrogens with zero attached hydrogens (tertiary/aromatic N) is 2. The molecule has 22 heavy (non-hydrogen) atoms. The number of likely N-dealkylation sites (tertiary alicyclic amines) is 1. The molecule has 3 amide bonds. The maximum Gasteiger partial charge on any atom is 0.354 e. The third-order valence-corrected chi connectivity index (χ3v) is 3.63. The van der Waals surface area contributed by atoms with Crippen molar-refractivity contribution >= 4 is 17.9 Å². The highest BCUT2D eigenvalue weighted by Gasteiger charge is 2.27. The molecule has 1 aliphatic heterocycles. The van der Waals surface area contributed by atoms with Gasteiger partial charge in [-0.15, -0.1) is 0 Å². The van der Waals surface area contributed by atoms with Crippen molar-refractivity contribution in [1.29, 1.82) is 0 Å². The minimum atomic E-state index is -1.14. The first-order valence-corrected chi connectivity index (χ1v) is 7.02. The lowest BCUT2D eigenvalue weighted by Crippen LogP contribution is -2.50. The lowest BCUT2D eigenvalue weighted by atomic mass is 10.0. The second kappa shape index (κ2) is 6.88. The Morgan fingerprint density at radius 3 is 2.73 bits per heavy atom. The second-order valence-corrected chi connectivity index (χ2v) is 5.13. The van der Waals surface area contributed by atoms with E-state index in [4.69, 9.17) is 10.8 Å². The number of aromatic carboxylic acids is 1. The molecule has 1 saturated heterocycles. The summed E-state index contributed by atoms with van der Waals surface area (Å²) >= 11 is 0. The number of rotatable bonds is 4. The number of aromatic nitrogens is 1. The molecule has 0 saturated carbocycles. The van der Waals surface area contributed by atoms with E-state index in [-0.39, 0.29) is 17.6 Å². The van der Waals surface area contributed by atoms with Crippen molar-refractivity contribution in [1.82, 2.24) is 15.2 Å². The fraction of sp³-hybridized carbons (Fsp3) is 0.429. The van der Waals surface area contributed by atoms with E-state index in [2.05, 4.69) is 10.3 Å². The van der Waals surface area contributed by atoms with E-state index in [0.717, 1.165) is 19.3 Å². The zero-order valence-corrected chi connectivity index (χ0v) is 12.0. The van der Waals surface area contributed by atoms with Crippen molar-refractivity contribution in [3.8, 4) is 0 Å². The molecular weight excluding hydrogens is 288 g/mol. The average molecular weight is 306 g/mol. The van der Waals surface area contributed by atoms with Crippen LogP contribution in [-0.2, 0) is 0 Å². The van der Waals surface area contributed by atoms with Crippen molar-refractivity contribution < 1.29 is 19.5 Å². The van der Waals surface area contributed by atoms with Gasteiger partial charge in [-0.25, -0.2) is 14.6 Å². The summed E-state index contributed by atoms with van der Waals surface area (Å²) in [6.07, 6.45) is 3.91. The summed E-state index contributed by atoms with van der Waals surface area (Å²) in [6, 6.07) is 2.01. The Hall–Kier alpha value is -2.64. The van der Waals surface area contributed by atoms with Crippen LogP contribution in [-0.4, -0.2) is 52.0 Å². The van der Waals surface area contributed by atoms with Crippen LogP contribution in [0, 0.1) is 0 Å². The highest BCUT2D eigenvalue weighted by molar-refractivity contribution is 5.95. The summed E-state index contributed by atoms with van der Waals surface area (Å²) in [5.41, 5.74) is 5.29. The van der Waals surface area contributed by atoms with E-state index in [1.807, 2.05) is 0 Å². The van der Waals surface area contributed by atoms with Gasteiger partial charge in [-0.2, -0.15) is 0 Å². The molecule has 0 aromatic carbocycles. The molecule has 0 radical (unpaired) electrons. The Balaban J connectivity index is 2.10. The molecule has 8 heteroatoms. The van der Waals surface area contributed by atoms with Crippen molar-refractivity contribution in [2.75, 3.05) is 13.1 Å². The molecular formula is C14H18N4O4. The van der Waals surface area contributed by atoms with Gasteiger partial charge in [-0.1, -0.05) is 0 Å². The van der Waals surface area contributed by atoms with Gasteiger partial charge in [0.1, 0.15) is 5.69 Å². The van der Waals surface area contributed by atoms with Crippen LogP contribution in [0.1, 0.15) is 40.1 Å². The van der Waals surface area contributed by atoms with Gasteiger partial charge in [-0.05, 0) is 31.4 Å². The van der Waals surface area contributed by atoms with Gasteiger partial charge in [0.25, 0.3) is 5.91 Å². The zero-order chi connectivity index (χ0) is 16.1. The van der Waals surface area contributed by atoms with E-state index in [1.54, 1.807) is 4.90 Å². The Kier molecular flexibility index (Phi) is 4.92. The van der Waals surface area contributed by atoms with Crippen LogP contribution in [0.2, 0.25) is 0 Å². The first-order chi connectivity index (χ1) is 10.5. The van der Waals surface area contributed by atoms with E-state index in [1.165, 1.54) is 18.3 Å². The molecule has 1 fully saturated rings. The molecule has 1 atom stereocenters. The molecule has 0 aliphatic carbocycles. The molecule has 118 valence electrons. The number of amides is 3. The van der Waals surface area contributed by atoms with Gasteiger partial charge in [0.2, 0.25) is 0 Å². The van der Waals surface area contributed by atoms with Gasteiger partial charge in [0.15, 0.2) is 0 Å². The lowest BCUT2D eigenvalue weighted by Gasteiger charge is -2.35. The van der Waals surface area contributed by atoms with Crippen molar-refractivity contribution in [2.45, 2.75) is 25.3 Å². The highest BCUT2D eigenvalue weighted by atomic mass is 16.4. The number of carboxylic acids is 1. The number of hydrogen-bond acceptors (Lipinski definition) is 4. The number of urea groups is 1. The standard InChI is InChI=1S/C14H18N4O4/c15-14(22)17-8-10-3-1-2-6-18(10)12(19)9-4-5-11(13(20)21)16-7-9/h4-5,7,10H,1-3,6,8H2,(H,20,21)(H3,15,17,22). The number of primary amides is 1. The first-order valence-electron chi connectivity index (χ1n) is 7.02. The normalized spacial score (nSPS) is 17.8. The van der Waals surface area contributed by atoms with Crippen LogP contribution >= 0.6 is 0 Å². The zero-order valence-electron chi connectivity index (χ0n) is 12.0. The molecule has 4 N–H and O–H groups in total. The molecule has 1 unspecified atom stereocenters. The number of nitrogens with two attached hydrogens (primary N) is 1. The van der Waals surface area contributed by atoms with Crippen LogP contribution in [0.4, 0.5) is 4.79 Å². The van der Waals surface area contributed by atoms with Crippen LogP contribution in [0.25, 0.3) is 0 Å². The fourth-order valence-corrected chi connectivity index (χ4v) is 2.51. The maximum atomic E-state index is 12.5. The number of pyridine rings is 1. The minimum Gasteiger partial charge on any atom is -0.477 e. The SMILES string of the molecule is NC(=O)NCC1CCCCN1C(=O)c1ccc(C(=O)O)nc1. The van der Waals surface area contributed by atoms with E-state index in [9.17, 15) is 14.4 Å².